The fourth-order valence-electron chi connectivity index (χ4n) is 0.901. The van der Waals surface area contributed by atoms with Gasteiger partial charge >= 0.3 is 0 Å². The van der Waals surface area contributed by atoms with Crippen molar-refractivity contribution in [2.75, 3.05) is 7.11 Å². The SMILES string of the molecule is CO[CH]CC(=O)c1ccccc1. The number of hydrogen-bond acceptors (Lipinski definition) is 2. The molecule has 0 unspecified atom stereocenters. The minimum absolute atomic E-state index is 0.0810. The molecule has 1 aromatic carbocycles. The molecule has 1 radical (unpaired) electrons. The number of ether oxygens (including phenoxy) is 1. The van der Waals surface area contributed by atoms with Gasteiger partial charge in [-0.05, 0) is 0 Å². The summed E-state index contributed by atoms with van der Waals surface area (Å²) in [6.07, 6.45) is 0.334. The van der Waals surface area contributed by atoms with Crippen molar-refractivity contribution >= 4 is 5.78 Å². The van der Waals surface area contributed by atoms with E-state index in [1.54, 1.807) is 12.1 Å². The van der Waals surface area contributed by atoms with Crippen LogP contribution >= 0.6 is 0 Å². The van der Waals surface area contributed by atoms with Crippen LogP contribution in [0.1, 0.15) is 16.8 Å². The van der Waals surface area contributed by atoms with E-state index >= 15 is 0 Å². The van der Waals surface area contributed by atoms with Gasteiger partial charge in [0.25, 0.3) is 0 Å². The highest BCUT2D eigenvalue weighted by atomic mass is 16.5. The van der Waals surface area contributed by atoms with E-state index in [4.69, 9.17) is 0 Å². The predicted octanol–water partition coefficient (Wildman–Crippen LogP) is 2.07. The Morgan fingerprint density at radius 2 is 2.08 bits per heavy atom. The summed E-state index contributed by atoms with van der Waals surface area (Å²) in [6.45, 7) is 1.50. The molecule has 0 aliphatic carbocycles. The van der Waals surface area contributed by atoms with E-state index in [0.29, 0.717) is 6.42 Å². The van der Waals surface area contributed by atoms with E-state index in [-0.39, 0.29) is 5.78 Å². The van der Waals surface area contributed by atoms with Crippen molar-refractivity contribution in [3.8, 4) is 0 Å². The number of methoxy groups -OCH3 is 1. The summed E-state index contributed by atoms with van der Waals surface area (Å²) in [7, 11) is 1.54. The molecule has 1 rings (SSSR count). The molecule has 0 saturated carbocycles. The minimum Gasteiger partial charge on any atom is -0.378 e. The Kier molecular flexibility index (Phi) is 3.48. The summed E-state index contributed by atoms with van der Waals surface area (Å²) < 4.78 is 4.69. The topological polar surface area (TPSA) is 26.3 Å². The summed E-state index contributed by atoms with van der Waals surface area (Å²) >= 11 is 0. The zero-order valence-corrected chi connectivity index (χ0v) is 6.99. The van der Waals surface area contributed by atoms with E-state index in [2.05, 4.69) is 4.74 Å². The largest absolute Gasteiger partial charge is 0.378 e. The van der Waals surface area contributed by atoms with Crippen molar-refractivity contribution in [2.24, 2.45) is 0 Å². The smallest absolute Gasteiger partial charge is 0.165 e. The second-order valence-electron chi connectivity index (χ2n) is 2.40. The molecule has 2 nitrogen and oxygen atoms in total. The fourth-order valence-corrected chi connectivity index (χ4v) is 0.901. The van der Waals surface area contributed by atoms with Gasteiger partial charge in [-0.2, -0.15) is 0 Å². The molecule has 0 amide bonds. The standard InChI is InChI=1S/C10H11O2/c1-12-8-7-10(11)9-5-3-2-4-6-9/h2-6,8H,7H2,1H3. The number of hydrogen-bond donors (Lipinski definition) is 0. The van der Waals surface area contributed by atoms with E-state index < -0.39 is 0 Å². The fraction of sp³-hybridized carbons (Fsp3) is 0.200. The number of carbonyl (C=O) groups excluding carboxylic acids is 1. The number of rotatable bonds is 4. The second-order valence-corrected chi connectivity index (χ2v) is 2.40. The van der Waals surface area contributed by atoms with Gasteiger partial charge in [-0.15, -0.1) is 0 Å². The maximum atomic E-state index is 11.3. The molecule has 0 aliphatic heterocycles. The lowest BCUT2D eigenvalue weighted by molar-refractivity contribution is 0.0968. The lowest BCUT2D eigenvalue weighted by atomic mass is 10.1. The van der Waals surface area contributed by atoms with Gasteiger partial charge in [0.2, 0.25) is 0 Å². The highest BCUT2D eigenvalue weighted by molar-refractivity contribution is 5.96. The van der Waals surface area contributed by atoms with Gasteiger partial charge in [-0.3, -0.25) is 4.79 Å². The van der Waals surface area contributed by atoms with Gasteiger partial charge in [0, 0.05) is 19.1 Å². The van der Waals surface area contributed by atoms with Gasteiger partial charge in [-0.25, -0.2) is 0 Å². The van der Waals surface area contributed by atoms with E-state index in [1.807, 2.05) is 18.2 Å². The molecule has 0 aromatic heterocycles. The average molecular weight is 163 g/mol. The van der Waals surface area contributed by atoms with Crippen LogP contribution in [0.4, 0.5) is 0 Å². The molecular weight excluding hydrogens is 152 g/mol. The summed E-state index contributed by atoms with van der Waals surface area (Å²) in [5.41, 5.74) is 0.728. The van der Waals surface area contributed by atoms with Crippen LogP contribution in [0.3, 0.4) is 0 Å². The van der Waals surface area contributed by atoms with Crippen LogP contribution in [0.2, 0.25) is 0 Å². The normalized spacial score (nSPS) is 9.75. The Balaban J connectivity index is 2.54. The van der Waals surface area contributed by atoms with Gasteiger partial charge in [0.05, 0.1) is 6.61 Å². The van der Waals surface area contributed by atoms with Gasteiger partial charge in [-0.1, -0.05) is 30.3 Å². The Labute approximate surface area is 72.2 Å². The van der Waals surface area contributed by atoms with Crippen LogP contribution in [0.5, 0.6) is 0 Å². The minimum atomic E-state index is 0.0810. The monoisotopic (exact) mass is 163 g/mol. The Bertz CT molecular complexity index is 241. The van der Waals surface area contributed by atoms with Gasteiger partial charge < -0.3 is 4.74 Å². The maximum absolute atomic E-state index is 11.3. The number of ketones is 1. The molecule has 0 saturated heterocycles. The molecule has 0 heterocycles. The first-order chi connectivity index (χ1) is 5.84. The summed E-state index contributed by atoms with van der Waals surface area (Å²) in [4.78, 5) is 11.3. The van der Waals surface area contributed by atoms with Crippen LogP contribution in [-0.2, 0) is 4.74 Å². The quantitative estimate of drug-likeness (QED) is 0.635. The van der Waals surface area contributed by atoms with Crippen molar-refractivity contribution < 1.29 is 9.53 Å². The Hall–Kier alpha value is -1.15. The average Bonchev–Trinajstić information content (AvgIpc) is 2.15. The van der Waals surface area contributed by atoms with Crippen molar-refractivity contribution in [2.45, 2.75) is 6.42 Å². The van der Waals surface area contributed by atoms with Gasteiger partial charge in [0.1, 0.15) is 0 Å². The second kappa shape index (κ2) is 4.67. The summed E-state index contributed by atoms with van der Waals surface area (Å²) in [6, 6.07) is 9.18. The van der Waals surface area contributed by atoms with Crippen molar-refractivity contribution in [3.05, 3.63) is 42.5 Å². The number of benzene rings is 1. The number of carbonyl (C=O) groups is 1. The zero-order valence-electron chi connectivity index (χ0n) is 6.99. The van der Waals surface area contributed by atoms with Crippen molar-refractivity contribution in [1.82, 2.24) is 0 Å². The molecule has 0 aliphatic rings. The first-order valence-corrected chi connectivity index (χ1v) is 3.77. The summed E-state index contributed by atoms with van der Waals surface area (Å²) in [5, 5.41) is 0. The first-order valence-electron chi connectivity index (χ1n) is 3.77. The molecule has 0 bridgehead atoms. The molecule has 2 heteroatoms. The first kappa shape index (κ1) is 8.94. The Morgan fingerprint density at radius 3 is 2.67 bits per heavy atom. The lowest BCUT2D eigenvalue weighted by Crippen LogP contribution is -1.99. The molecule has 12 heavy (non-hydrogen) atoms. The van der Waals surface area contributed by atoms with E-state index in [1.165, 1.54) is 13.7 Å². The predicted molar refractivity (Wildman–Crippen MR) is 46.7 cm³/mol. The lowest BCUT2D eigenvalue weighted by Gasteiger charge is -1.97. The Morgan fingerprint density at radius 1 is 1.42 bits per heavy atom. The molecular formula is C10H11O2. The van der Waals surface area contributed by atoms with Crippen LogP contribution in [0.15, 0.2) is 30.3 Å². The maximum Gasteiger partial charge on any atom is 0.165 e. The van der Waals surface area contributed by atoms with Crippen LogP contribution < -0.4 is 0 Å². The van der Waals surface area contributed by atoms with E-state index in [0.717, 1.165) is 5.56 Å². The molecule has 0 atom stereocenters. The van der Waals surface area contributed by atoms with Crippen LogP contribution in [0, 0.1) is 6.61 Å². The van der Waals surface area contributed by atoms with Crippen LogP contribution in [-0.4, -0.2) is 12.9 Å². The third-order valence-corrected chi connectivity index (χ3v) is 1.53. The number of Topliss-reactive ketones (excluding diaryl/α,β-unsaturated/α-hetero) is 1. The third-order valence-electron chi connectivity index (χ3n) is 1.53. The van der Waals surface area contributed by atoms with Crippen molar-refractivity contribution in [1.29, 1.82) is 0 Å². The van der Waals surface area contributed by atoms with Gasteiger partial charge in [0.15, 0.2) is 5.78 Å². The molecule has 0 N–H and O–H groups in total. The highest BCUT2D eigenvalue weighted by Gasteiger charge is 2.03. The van der Waals surface area contributed by atoms with E-state index in [9.17, 15) is 4.79 Å². The molecule has 0 fully saturated rings. The molecule has 1 aromatic rings. The molecule has 63 valence electrons. The molecule has 0 spiro atoms. The van der Waals surface area contributed by atoms with Crippen LogP contribution in [0.25, 0.3) is 0 Å². The van der Waals surface area contributed by atoms with Crippen molar-refractivity contribution in [3.63, 3.8) is 0 Å². The zero-order chi connectivity index (χ0) is 8.81. The third kappa shape index (κ3) is 2.47. The highest BCUT2D eigenvalue weighted by Crippen LogP contribution is 2.03. The summed E-state index contributed by atoms with van der Waals surface area (Å²) in [5.74, 6) is 0.0810.